The Morgan fingerprint density at radius 1 is 0.838 bits per heavy atom. The third-order valence-electron chi connectivity index (χ3n) is 6.04. The van der Waals surface area contributed by atoms with E-state index < -0.39 is 6.04 Å². The fraction of sp³-hybridized carbons (Fsp3) is 0.310. The Labute approximate surface area is 228 Å². The van der Waals surface area contributed by atoms with Crippen LogP contribution in [-0.2, 0) is 22.6 Å². The van der Waals surface area contributed by atoms with Crippen molar-refractivity contribution < 1.29 is 19.1 Å². The van der Waals surface area contributed by atoms with Crippen molar-refractivity contribution in [3.05, 3.63) is 93.5 Å². The molecule has 0 bridgehead atoms. The summed E-state index contributed by atoms with van der Waals surface area (Å²) < 4.78 is 10.4. The molecule has 37 heavy (non-hydrogen) atoms. The summed E-state index contributed by atoms with van der Waals surface area (Å²) in [6, 6.07) is 18.9. The van der Waals surface area contributed by atoms with Gasteiger partial charge in [-0.1, -0.05) is 53.5 Å². The van der Waals surface area contributed by atoms with Crippen molar-refractivity contribution >= 4 is 35.0 Å². The van der Waals surface area contributed by atoms with Gasteiger partial charge < -0.3 is 19.7 Å². The first kappa shape index (κ1) is 28.4. The third kappa shape index (κ3) is 7.63. The number of hydrogen-bond donors (Lipinski definition) is 1. The van der Waals surface area contributed by atoms with Gasteiger partial charge in [0.2, 0.25) is 11.8 Å². The lowest BCUT2D eigenvalue weighted by Gasteiger charge is -2.35. The van der Waals surface area contributed by atoms with E-state index >= 15 is 0 Å². The van der Waals surface area contributed by atoms with Gasteiger partial charge in [0, 0.05) is 19.0 Å². The van der Waals surface area contributed by atoms with E-state index in [0.717, 1.165) is 22.6 Å². The lowest BCUT2D eigenvalue weighted by atomic mass is 10.0. The maximum absolute atomic E-state index is 13.6. The average molecular weight is 543 g/mol. The monoisotopic (exact) mass is 542 g/mol. The second-order valence-electron chi connectivity index (χ2n) is 8.88. The summed E-state index contributed by atoms with van der Waals surface area (Å²) in [5, 5.41) is 3.68. The van der Waals surface area contributed by atoms with E-state index in [-0.39, 0.29) is 24.3 Å². The Morgan fingerprint density at radius 3 is 1.92 bits per heavy atom. The number of aryl methyl sites for hydroxylation is 1. The zero-order valence-corrected chi connectivity index (χ0v) is 23.0. The zero-order valence-electron chi connectivity index (χ0n) is 21.5. The molecule has 3 aromatic rings. The number of rotatable bonds is 11. The van der Waals surface area contributed by atoms with E-state index in [0.29, 0.717) is 28.6 Å². The van der Waals surface area contributed by atoms with E-state index in [1.807, 2.05) is 62.4 Å². The molecule has 1 unspecified atom stereocenters. The average Bonchev–Trinajstić information content (AvgIpc) is 2.91. The smallest absolute Gasteiger partial charge is 0.247 e. The van der Waals surface area contributed by atoms with Gasteiger partial charge in [-0.15, -0.1) is 0 Å². The number of benzene rings is 3. The molecule has 0 spiro atoms. The fourth-order valence-corrected chi connectivity index (χ4v) is 4.36. The molecule has 0 aliphatic rings. The largest absolute Gasteiger partial charge is 0.497 e. The van der Waals surface area contributed by atoms with E-state index in [2.05, 4.69) is 5.32 Å². The molecule has 196 valence electrons. The summed E-state index contributed by atoms with van der Waals surface area (Å²) in [5.74, 6) is 1.05. The predicted molar refractivity (Wildman–Crippen MR) is 147 cm³/mol. The second kappa shape index (κ2) is 13.4. The van der Waals surface area contributed by atoms with Gasteiger partial charge in [-0.3, -0.25) is 9.59 Å². The second-order valence-corrected chi connectivity index (χ2v) is 9.70. The predicted octanol–water partition coefficient (Wildman–Crippen LogP) is 6.24. The minimum absolute atomic E-state index is 0.138. The van der Waals surface area contributed by atoms with E-state index in [4.69, 9.17) is 32.7 Å². The molecule has 2 amide bonds. The highest BCUT2D eigenvalue weighted by Crippen LogP contribution is 2.31. The number of methoxy groups -OCH3 is 2. The number of halogens is 2. The molecule has 0 heterocycles. The molecule has 1 atom stereocenters. The Hall–Kier alpha value is -3.22. The van der Waals surface area contributed by atoms with Crippen LogP contribution >= 0.6 is 23.2 Å². The SMILES string of the molecule is COc1ccc(CCC(=O)N(C(C)C)C(C(=O)NCc2ccc(OC)cc2)c2ccc(Cl)c(Cl)c2)cc1. The molecule has 0 saturated carbocycles. The van der Waals surface area contributed by atoms with Gasteiger partial charge in [-0.2, -0.15) is 0 Å². The van der Waals surface area contributed by atoms with Crippen molar-refractivity contribution in [1.29, 1.82) is 0 Å². The summed E-state index contributed by atoms with van der Waals surface area (Å²) in [4.78, 5) is 28.8. The summed E-state index contributed by atoms with van der Waals surface area (Å²) >= 11 is 12.4. The molecule has 0 radical (unpaired) electrons. The maximum Gasteiger partial charge on any atom is 0.247 e. The van der Waals surface area contributed by atoms with Gasteiger partial charge in [0.05, 0.1) is 24.3 Å². The normalized spacial score (nSPS) is 11.6. The van der Waals surface area contributed by atoms with Crippen LogP contribution in [0.3, 0.4) is 0 Å². The molecule has 6 nitrogen and oxygen atoms in total. The van der Waals surface area contributed by atoms with Crippen LogP contribution in [0.15, 0.2) is 66.7 Å². The number of amides is 2. The van der Waals surface area contributed by atoms with E-state index in [1.54, 1.807) is 37.3 Å². The van der Waals surface area contributed by atoms with Gasteiger partial charge >= 0.3 is 0 Å². The van der Waals surface area contributed by atoms with Crippen molar-refractivity contribution in [2.45, 2.75) is 45.3 Å². The zero-order chi connectivity index (χ0) is 26.9. The highest BCUT2D eigenvalue weighted by Gasteiger charge is 2.33. The standard InChI is InChI=1S/C29H32Cl2N2O4/c1-19(2)33(27(34)16-9-20-5-11-23(36-3)12-6-20)28(22-10-15-25(30)26(31)17-22)29(35)32-18-21-7-13-24(37-4)14-8-21/h5-8,10-15,17,19,28H,9,16,18H2,1-4H3,(H,32,35). The van der Waals surface area contributed by atoms with Crippen LogP contribution in [0.25, 0.3) is 0 Å². The highest BCUT2D eigenvalue weighted by molar-refractivity contribution is 6.42. The maximum atomic E-state index is 13.6. The van der Waals surface area contributed by atoms with E-state index in [1.165, 1.54) is 0 Å². The first-order valence-electron chi connectivity index (χ1n) is 12.0. The Kier molecular flexibility index (Phi) is 10.2. The van der Waals surface area contributed by atoms with Gasteiger partial charge in [0.15, 0.2) is 0 Å². The minimum atomic E-state index is -0.878. The number of hydrogen-bond acceptors (Lipinski definition) is 4. The van der Waals surface area contributed by atoms with Crippen molar-refractivity contribution in [3.63, 3.8) is 0 Å². The lowest BCUT2D eigenvalue weighted by Crippen LogP contribution is -2.47. The molecule has 0 aliphatic carbocycles. The van der Waals surface area contributed by atoms with Crippen LogP contribution in [0.5, 0.6) is 11.5 Å². The van der Waals surface area contributed by atoms with Crippen LogP contribution in [0.1, 0.15) is 43.0 Å². The van der Waals surface area contributed by atoms with Crippen LogP contribution in [0.2, 0.25) is 10.0 Å². The molecular formula is C29H32Cl2N2O4. The molecule has 1 N–H and O–H groups in total. The van der Waals surface area contributed by atoms with Crippen molar-refractivity contribution in [2.75, 3.05) is 14.2 Å². The Morgan fingerprint density at radius 2 is 1.41 bits per heavy atom. The van der Waals surface area contributed by atoms with Gasteiger partial charge in [0.1, 0.15) is 17.5 Å². The molecule has 8 heteroatoms. The summed E-state index contributed by atoms with van der Waals surface area (Å²) in [7, 11) is 3.21. The molecule has 0 saturated heterocycles. The molecular weight excluding hydrogens is 511 g/mol. The topological polar surface area (TPSA) is 67.9 Å². The van der Waals surface area contributed by atoms with Crippen LogP contribution < -0.4 is 14.8 Å². The number of carbonyl (C=O) groups is 2. The molecule has 0 aromatic heterocycles. The minimum Gasteiger partial charge on any atom is -0.497 e. The van der Waals surface area contributed by atoms with Crippen LogP contribution in [0, 0.1) is 0 Å². The number of ether oxygens (including phenoxy) is 2. The van der Waals surface area contributed by atoms with Crippen molar-refractivity contribution in [3.8, 4) is 11.5 Å². The number of nitrogens with one attached hydrogen (secondary N) is 1. The van der Waals surface area contributed by atoms with Gasteiger partial charge in [-0.25, -0.2) is 0 Å². The molecule has 3 rings (SSSR count). The molecule has 3 aromatic carbocycles. The summed E-state index contributed by atoms with van der Waals surface area (Å²) in [6.07, 6.45) is 0.779. The van der Waals surface area contributed by atoms with Gasteiger partial charge in [0.25, 0.3) is 0 Å². The lowest BCUT2D eigenvalue weighted by molar-refractivity contribution is -0.143. The Balaban J connectivity index is 1.84. The highest BCUT2D eigenvalue weighted by atomic mass is 35.5. The summed E-state index contributed by atoms with van der Waals surface area (Å²) in [5.41, 5.74) is 2.50. The molecule has 0 aliphatic heterocycles. The summed E-state index contributed by atoms with van der Waals surface area (Å²) in [6.45, 7) is 4.09. The first-order valence-corrected chi connectivity index (χ1v) is 12.8. The van der Waals surface area contributed by atoms with Crippen LogP contribution in [-0.4, -0.2) is 37.0 Å². The Bertz CT molecular complexity index is 1200. The third-order valence-corrected chi connectivity index (χ3v) is 6.78. The number of nitrogens with zero attached hydrogens (tertiary/aromatic N) is 1. The van der Waals surface area contributed by atoms with E-state index in [9.17, 15) is 9.59 Å². The fourth-order valence-electron chi connectivity index (χ4n) is 4.05. The quantitative estimate of drug-likeness (QED) is 0.311. The number of carbonyl (C=O) groups excluding carboxylic acids is 2. The first-order chi connectivity index (χ1) is 17.7. The van der Waals surface area contributed by atoms with Gasteiger partial charge in [-0.05, 0) is 73.4 Å². The van der Waals surface area contributed by atoms with Crippen molar-refractivity contribution in [2.24, 2.45) is 0 Å². The van der Waals surface area contributed by atoms with Crippen molar-refractivity contribution in [1.82, 2.24) is 10.2 Å². The van der Waals surface area contributed by atoms with Crippen LogP contribution in [0.4, 0.5) is 0 Å². The molecule has 0 fully saturated rings.